The smallest absolute Gasteiger partial charge is 0.228 e. The van der Waals surface area contributed by atoms with Crippen LogP contribution in [0.3, 0.4) is 0 Å². The number of amides is 1. The number of rotatable bonds is 0. The summed E-state index contributed by atoms with van der Waals surface area (Å²) in [6.45, 7) is 5.87. The van der Waals surface area contributed by atoms with E-state index in [4.69, 9.17) is 4.74 Å². The standard InChI is InChI=1S/C12H15NO2/c1-7-4-5-8(2)12-11(7)13-10(14)6-9(3)15-12/h4-5,9H,6H2,1-3H3,(H,13,14). The summed E-state index contributed by atoms with van der Waals surface area (Å²) in [6, 6.07) is 4.01. The third-order valence-electron chi connectivity index (χ3n) is 2.62. The Hall–Kier alpha value is -1.51. The normalized spacial score (nSPS) is 19.9. The maximum absolute atomic E-state index is 11.5. The van der Waals surface area contributed by atoms with Crippen molar-refractivity contribution >= 4 is 11.6 Å². The van der Waals surface area contributed by atoms with Crippen molar-refractivity contribution in [1.29, 1.82) is 0 Å². The number of carbonyl (C=O) groups excluding carboxylic acids is 1. The number of hydrogen-bond acceptors (Lipinski definition) is 2. The van der Waals surface area contributed by atoms with Gasteiger partial charge in [-0.3, -0.25) is 4.79 Å². The van der Waals surface area contributed by atoms with E-state index in [0.29, 0.717) is 6.42 Å². The minimum absolute atomic E-state index is 0.0231. The van der Waals surface area contributed by atoms with Crippen LogP contribution in [0.25, 0.3) is 0 Å². The molecule has 0 saturated carbocycles. The van der Waals surface area contributed by atoms with Crippen LogP contribution in [-0.2, 0) is 4.79 Å². The monoisotopic (exact) mass is 205 g/mol. The summed E-state index contributed by atoms with van der Waals surface area (Å²) in [5.74, 6) is 0.836. The first kappa shape index (κ1) is 10.0. The number of fused-ring (bicyclic) bond motifs is 1. The second-order valence-electron chi connectivity index (χ2n) is 4.08. The fraction of sp³-hybridized carbons (Fsp3) is 0.417. The number of aryl methyl sites for hydroxylation is 2. The minimum Gasteiger partial charge on any atom is -0.488 e. The Morgan fingerprint density at radius 1 is 1.33 bits per heavy atom. The third-order valence-corrected chi connectivity index (χ3v) is 2.62. The highest BCUT2D eigenvalue weighted by molar-refractivity contribution is 5.94. The Morgan fingerprint density at radius 3 is 2.73 bits per heavy atom. The molecule has 2 rings (SSSR count). The lowest BCUT2D eigenvalue weighted by Gasteiger charge is -2.15. The molecule has 1 heterocycles. The highest BCUT2D eigenvalue weighted by Gasteiger charge is 2.21. The molecule has 1 atom stereocenters. The molecule has 0 fully saturated rings. The van der Waals surface area contributed by atoms with Gasteiger partial charge in [-0.1, -0.05) is 12.1 Å². The van der Waals surface area contributed by atoms with Crippen LogP contribution in [-0.4, -0.2) is 12.0 Å². The molecule has 0 aliphatic carbocycles. The molecular weight excluding hydrogens is 190 g/mol. The molecule has 3 heteroatoms. The molecule has 3 nitrogen and oxygen atoms in total. The number of ether oxygens (including phenoxy) is 1. The summed E-state index contributed by atoms with van der Waals surface area (Å²) in [5.41, 5.74) is 2.92. The molecule has 1 aromatic rings. The van der Waals surface area contributed by atoms with E-state index in [1.54, 1.807) is 0 Å². The molecule has 1 aromatic carbocycles. The molecule has 1 unspecified atom stereocenters. The van der Waals surface area contributed by atoms with E-state index in [1.807, 2.05) is 32.9 Å². The average molecular weight is 205 g/mol. The van der Waals surface area contributed by atoms with Gasteiger partial charge in [-0.2, -0.15) is 0 Å². The molecule has 1 N–H and O–H groups in total. The van der Waals surface area contributed by atoms with Gasteiger partial charge in [0.15, 0.2) is 0 Å². The number of benzene rings is 1. The van der Waals surface area contributed by atoms with Crippen molar-refractivity contribution in [2.45, 2.75) is 33.3 Å². The van der Waals surface area contributed by atoms with Gasteiger partial charge in [-0.05, 0) is 31.9 Å². The van der Waals surface area contributed by atoms with Crippen LogP contribution in [0.1, 0.15) is 24.5 Å². The Labute approximate surface area is 89.4 Å². The van der Waals surface area contributed by atoms with Crippen molar-refractivity contribution in [3.05, 3.63) is 23.3 Å². The van der Waals surface area contributed by atoms with Crippen molar-refractivity contribution in [2.24, 2.45) is 0 Å². The molecule has 0 saturated heterocycles. The van der Waals surface area contributed by atoms with Crippen molar-refractivity contribution in [3.8, 4) is 5.75 Å². The van der Waals surface area contributed by atoms with Gasteiger partial charge in [-0.15, -0.1) is 0 Å². The summed E-state index contributed by atoms with van der Waals surface area (Å²) in [4.78, 5) is 11.5. The zero-order valence-corrected chi connectivity index (χ0v) is 9.26. The zero-order valence-electron chi connectivity index (χ0n) is 9.26. The fourth-order valence-corrected chi connectivity index (χ4v) is 1.79. The lowest BCUT2D eigenvalue weighted by molar-refractivity contribution is -0.117. The molecule has 0 aromatic heterocycles. The Kier molecular flexibility index (Phi) is 2.39. The summed E-state index contributed by atoms with van der Waals surface area (Å²) < 4.78 is 5.76. The first-order chi connectivity index (χ1) is 7.08. The summed E-state index contributed by atoms with van der Waals surface area (Å²) in [5, 5.41) is 2.90. The number of anilines is 1. The first-order valence-corrected chi connectivity index (χ1v) is 5.14. The lowest BCUT2D eigenvalue weighted by Crippen LogP contribution is -2.17. The fourth-order valence-electron chi connectivity index (χ4n) is 1.79. The van der Waals surface area contributed by atoms with E-state index in [0.717, 1.165) is 22.6 Å². The van der Waals surface area contributed by atoms with Crippen LogP contribution < -0.4 is 10.1 Å². The highest BCUT2D eigenvalue weighted by Crippen LogP contribution is 2.34. The van der Waals surface area contributed by atoms with Gasteiger partial charge in [0.05, 0.1) is 12.1 Å². The molecular formula is C12H15NO2. The molecule has 1 amide bonds. The second kappa shape index (κ2) is 3.57. The summed E-state index contributed by atoms with van der Waals surface area (Å²) >= 11 is 0. The highest BCUT2D eigenvalue weighted by atomic mass is 16.5. The predicted molar refractivity (Wildman–Crippen MR) is 59.3 cm³/mol. The minimum atomic E-state index is -0.0632. The quantitative estimate of drug-likeness (QED) is 0.706. The van der Waals surface area contributed by atoms with E-state index < -0.39 is 0 Å². The first-order valence-electron chi connectivity index (χ1n) is 5.14. The van der Waals surface area contributed by atoms with Crippen molar-refractivity contribution in [3.63, 3.8) is 0 Å². The van der Waals surface area contributed by atoms with Gasteiger partial charge >= 0.3 is 0 Å². The van der Waals surface area contributed by atoms with Gasteiger partial charge in [0.2, 0.25) is 5.91 Å². The molecule has 15 heavy (non-hydrogen) atoms. The Morgan fingerprint density at radius 2 is 2.00 bits per heavy atom. The van der Waals surface area contributed by atoms with Crippen LogP contribution in [0, 0.1) is 13.8 Å². The van der Waals surface area contributed by atoms with E-state index in [-0.39, 0.29) is 12.0 Å². The van der Waals surface area contributed by atoms with Crippen LogP contribution in [0.2, 0.25) is 0 Å². The van der Waals surface area contributed by atoms with E-state index in [2.05, 4.69) is 5.32 Å². The molecule has 80 valence electrons. The lowest BCUT2D eigenvalue weighted by atomic mass is 10.1. The summed E-state index contributed by atoms with van der Waals surface area (Å²) in [6.07, 6.45) is 0.347. The van der Waals surface area contributed by atoms with Gasteiger partial charge in [0, 0.05) is 0 Å². The zero-order chi connectivity index (χ0) is 11.0. The molecule has 1 aliphatic rings. The maximum Gasteiger partial charge on any atom is 0.228 e. The number of hydrogen-bond donors (Lipinski definition) is 1. The molecule has 0 bridgehead atoms. The molecule has 1 aliphatic heterocycles. The van der Waals surface area contributed by atoms with Crippen LogP contribution in [0.5, 0.6) is 5.75 Å². The van der Waals surface area contributed by atoms with Gasteiger partial charge in [0.1, 0.15) is 11.9 Å². The van der Waals surface area contributed by atoms with E-state index in [9.17, 15) is 4.79 Å². The predicted octanol–water partition coefficient (Wildman–Crippen LogP) is 2.41. The SMILES string of the molecule is Cc1ccc(C)c2c1NC(=O)CC(C)O2. The Balaban J connectivity index is 2.54. The van der Waals surface area contributed by atoms with Gasteiger partial charge in [-0.25, -0.2) is 0 Å². The van der Waals surface area contributed by atoms with E-state index >= 15 is 0 Å². The largest absolute Gasteiger partial charge is 0.488 e. The number of nitrogens with one attached hydrogen (secondary N) is 1. The van der Waals surface area contributed by atoms with Gasteiger partial charge < -0.3 is 10.1 Å². The third kappa shape index (κ3) is 1.82. The van der Waals surface area contributed by atoms with Gasteiger partial charge in [0.25, 0.3) is 0 Å². The molecule has 0 radical (unpaired) electrons. The van der Waals surface area contributed by atoms with Crippen LogP contribution >= 0.6 is 0 Å². The van der Waals surface area contributed by atoms with E-state index in [1.165, 1.54) is 0 Å². The maximum atomic E-state index is 11.5. The van der Waals surface area contributed by atoms with Crippen molar-refractivity contribution in [2.75, 3.05) is 5.32 Å². The topological polar surface area (TPSA) is 38.3 Å². The van der Waals surface area contributed by atoms with Crippen molar-refractivity contribution < 1.29 is 9.53 Å². The average Bonchev–Trinajstić information content (AvgIpc) is 2.31. The summed E-state index contributed by atoms with van der Waals surface area (Å²) in [7, 11) is 0. The number of carbonyl (C=O) groups is 1. The Bertz CT molecular complexity index is 412. The second-order valence-corrected chi connectivity index (χ2v) is 4.08. The van der Waals surface area contributed by atoms with Crippen LogP contribution in [0.15, 0.2) is 12.1 Å². The van der Waals surface area contributed by atoms with Crippen molar-refractivity contribution in [1.82, 2.24) is 0 Å². The molecule has 0 spiro atoms. The van der Waals surface area contributed by atoms with Crippen LogP contribution in [0.4, 0.5) is 5.69 Å².